The Hall–Kier alpha value is -2.54. The predicted molar refractivity (Wildman–Crippen MR) is 85.7 cm³/mol. The van der Waals surface area contributed by atoms with Crippen molar-refractivity contribution in [3.63, 3.8) is 0 Å². The van der Waals surface area contributed by atoms with E-state index in [2.05, 4.69) is 49.0 Å². The van der Waals surface area contributed by atoms with Crippen LogP contribution in [0.15, 0.2) is 61.2 Å². The maximum atomic E-state index is 10.5. The minimum atomic E-state index is 0.385. The molecule has 0 saturated carbocycles. The molecule has 4 aromatic carbocycles. The van der Waals surface area contributed by atoms with Gasteiger partial charge in [0.1, 0.15) is 5.75 Å². The van der Waals surface area contributed by atoms with E-state index in [1.54, 1.807) is 0 Å². The largest absolute Gasteiger partial charge is 0.507 e. The number of hydrogen-bond acceptors (Lipinski definition) is 1. The Morgan fingerprint density at radius 3 is 2.35 bits per heavy atom. The molecule has 96 valence electrons. The van der Waals surface area contributed by atoms with Gasteiger partial charge in [0, 0.05) is 10.8 Å². The maximum Gasteiger partial charge on any atom is 0.126 e. The van der Waals surface area contributed by atoms with Crippen LogP contribution in [0.25, 0.3) is 32.3 Å². The Bertz CT molecular complexity index is 934. The molecule has 0 spiro atoms. The van der Waals surface area contributed by atoms with Gasteiger partial charge in [-0.3, -0.25) is 0 Å². The van der Waals surface area contributed by atoms with Crippen molar-refractivity contribution in [2.75, 3.05) is 0 Å². The molecule has 0 aliphatic carbocycles. The van der Waals surface area contributed by atoms with Crippen LogP contribution in [0.1, 0.15) is 5.56 Å². The Kier molecular flexibility index (Phi) is 2.25. The topological polar surface area (TPSA) is 20.2 Å². The fourth-order valence-corrected chi connectivity index (χ4v) is 3.17. The highest BCUT2D eigenvalue weighted by Crippen LogP contribution is 2.40. The molecule has 0 aromatic heterocycles. The van der Waals surface area contributed by atoms with Crippen LogP contribution in [0.2, 0.25) is 0 Å². The SMILES string of the molecule is C=CCc1cc2ccc3cccc4ccc(c1O)c2c34. The van der Waals surface area contributed by atoms with Crippen LogP contribution in [0.5, 0.6) is 5.75 Å². The lowest BCUT2D eigenvalue weighted by Crippen LogP contribution is -1.89. The number of benzene rings is 4. The molecule has 0 aliphatic heterocycles. The van der Waals surface area contributed by atoms with Crippen LogP contribution in [-0.2, 0) is 6.42 Å². The molecule has 20 heavy (non-hydrogen) atoms. The van der Waals surface area contributed by atoms with E-state index < -0.39 is 0 Å². The molecule has 0 amide bonds. The smallest absolute Gasteiger partial charge is 0.126 e. The van der Waals surface area contributed by atoms with E-state index in [0.717, 1.165) is 16.3 Å². The molecule has 0 radical (unpaired) electrons. The van der Waals surface area contributed by atoms with E-state index in [4.69, 9.17) is 0 Å². The third-order valence-corrected chi connectivity index (χ3v) is 4.06. The zero-order chi connectivity index (χ0) is 13.7. The first-order valence-corrected chi connectivity index (χ1v) is 6.79. The number of allylic oxidation sites excluding steroid dienone is 1. The summed E-state index contributed by atoms with van der Waals surface area (Å²) in [6, 6.07) is 16.8. The summed E-state index contributed by atoms with van der Waals surface area (Å²) in [5.41, 5.74) is 0.936. The first-order valence-electron chi connectivity index (χ1n) is 6.79. The molecule has 0 atom stereocenters. The summed E-state index contributed by atoms with van der Waals surface area (Å²) in [6.45, 7) is 3.77. The lowest BCUT2D eigenvalue weighted by atomic mass is 9.91. The second-order valence-corrected chi connectivity index (χ2v) is 5.23. The first kappa shape index (κ1) is 11.3. The van der Waals surface area contributed by atoms with Crippen molar-refractivity contribution in [2.24, 2.45) is 0 Å². The maximum absolute atomic E-state index is 10.5. The first-order chi connectivity index (χ1) is 9.79. The third kappa shape index (κ3) is 1.38. The zero-order valence-corrected chi connectivity index (χ0v) is 11.1. The molecule has 4 rings (SSSR count). The van der Waals surface area contributed by atoms with Crippen molar-refractivity contribution in [3.8, 4) is 5.75 Å². The highest BCUT2D eigenvalue weighted by Gasteiger charge is 2.13. The van der Waals surface area contributed by atoms with Crippen LogP contribution in [-0.4, -0.2) is 5.11 Å². The molecule has 1 heteroatoms. The highest BCUT2D eigenvalue weighted by atomic mass is 16.3. The second kappa shape index (κ2) is 3.97. The summed E-state index contributed by atoms with van der Waals surface area (Å²) in [5, 5.41) is 17.5. The van der Waals surface area contributed by atoms with Crippen molar-refractivity contribution in [1.82, 2.24) is 0 Å². The summed E-state index contributed by atoms with van der Waals surface area (Å²) in [4.78, 5) is 0. The summed E-state index contributed by atoms with van der Waals surface area (Å²) >= 11 is 0. The van der Waals surface area contributed by atoms with E-state index in [1.807, 2.05) is 12.1 Å². The summed E-state index contributed by atoms with van der Waals surface area (Å²) in [6.07, 6.45) is 2.51. The Balaban J connectivity index is 2.29. The van der Waals surface area contributed by atoms with Gasteiger partial charge in [0.05, 0.1) is 0 Å². The monoisotopic (exact) mass is 258 g/mol. The van der Waals surface area contributed by atoms with Gasteiger partial charge in [0.15, 0.2) is 0 Å². The normalized spacial score (nSPS) is 11.6. The molecular formula is C19H14O. The average Bonchev–Trinajstić information content (AvgIpc) is 2.48. The van der Waals surface area contributed by atoms with Crippen LogP contribution >= 0.6 is 0 Å². The van der Waals surface area contributed by atoms with Crippen molar-refractivity contribution < 1.29 is 5.11 Å². The van der Waals surface area contributed by atoms with Crippen molar-refractivity contribution in [3.05, 3.63) is 66.7 Å². The average molecular weight is 258 g/mol. The number of aromatic hydroxyl groups is 1. The Morgan fingerprint density at radius 1 is 0.900 bits per heavy atom. The lowest BCUT2D eigenvalue weighted by Gasteiger charge is -2.14. The van der Waals surface area contributed by atoms with Crippen molar-refractivity contribution in [2.45, 2.75) is 6.42 Å². The summed E-state index contributed by atoms with van der Waals surface area (Å²) in [5.74, 6) is 0.385. The van der Waals surface area contributed by atoms with E-state index in [0.29, 0.717) is 12.2 Å². The van der Waals surface area contributed by atoms with E-state index in [9.17, 15) is 5.11 Å². The fourth-order valence-electron chi connectivity index (χ4n) is 3.17. The van der Waals surface area contributed by atoms with Crippen LogP contribution < -0.4 is 0 Å². The van der Waals surface area contributed by atoms with Crippen LogP contribution in [0, 0.1) is 0 Å². The Labute approximate surface area is 117 Å². The van der Waals surface area contributed by atoms with Crippen molar-refractivity contribution >= 4 is 32.3 Å². The van der Waals surface area contributed by atoms with Gasteiger partial charge < -0.3 is 5.11 Å². The number of hydrogen-bond donors (Lipinski definition) is 1. The van der Waals surface area contributed by atoms with Gasteiger partial charge in [0.2, 0.25) is 0 Å². The summed E-state index contributed by atoms with van der Waals surface area (Å²) in [7, 11) is 0. The van der Waals surface area contributed by atoms with Gasteiger partial charge in [-0.05, 0) is 45.7 Å². The molecule has 1 nitrogen and oxygen atoms in total. The minimum absolute atomic E-state index is 0.385. The quantitative estimate of drug-likeness (QED) is 0.395. The second-order valence-electron chi connectivity index (χ2n) is 5.23. The molecular weight excluding hydrogens is 244 g/mol. The molecule has 0 bridgehead atoms. The highest BCUT2D eigenvalue weighted by molar-refractivity contribution is 6.24. The van der Waals surface area contributed by atoms with Crippen LogP contribution in [0.4, 0.5) is 0 Å². The van der Waals surface area contributed by atoms with E-state index in [-0.39, 0.29) is 0 Å². The minimum Gasteiger partial charge on any atom is -0.507 e. The number of phenolic OH excluding ortho intramolecular Hbond substituents is 1. The summed E-state index contributed by atoms with van der Waals surface area (Å²) < 4.78 is 0. The molecule has 1 N–H and O–H groups in total. The number of phenols is 1. The van der Waals surface area contributed by atoms with Crippen LogP contribution in [0.3, 0.4) is 0 Å². The molecule has 0 unspecified atom stereocenters. The fraction of sp³-hybridized carbons (Fsp3) is 0.0526. The molecule has 4 aromatic rings. The predicted octanol–water partition coefficient (Wildman–Crippen LogP) is 5.02. The molecule has 0 saturated heterocycles. The van der Waals surface area contributed by atoms with Crippen molar-refractivity contribution in [1.29, 1.82) is 0 Å². The van der Waals surface area contributed by atoms with Gasteiger partial charge in [-0.25, -0.2) is 0 Å². The van der Waals surface area contributed by atoms with E-state index in [1.165, 1.54) is 21.5 Å². The standard InChI is InChI=1S/C19H14O/c1-2-4-15-11-14-8-7-12-5-3-6-13-9-10-16(19(15)20)18(14)17(12)13/h2-3,5-11,20H,1,4H2. The van der Waals surface area contributed by atoms with Gasteiger partial charge in [0.25, 0.3) is 0 Å². The van der Waals surface area contributed by atoms with Gasteiger partial charge in [-0.15, -0.1) is 6.58 Å². The molecule has 0 fully saturated rings. The van der Waals surface area contributed by atoms with Gasteiger partial charge >= 0.3 is 0 Å². The Morgan fingerprint density at radius 2 is 1.60 bits per heavy atom. The van der Waals surface area contributed by atoms with E-state index >= 15 is 0 Å². The van der Waals surface area contributed by atoms with Gasteiger partial charge in [-0.2, -0.15) is 0 Å². The third-order valence-electron chi connectivity index (χ3n) is 4.06. The van der Waals surface area contributed by atoms with Gasteiger partial charge in [-0.1, -0.05) is 42.5 Å². The lowest BCUT2D eigenvalue weighted by molar-refractivity contribution is 0.476. The zero-order valence-electron chi connectivity index (χ0n) is 11.1. The molecule has 0 heterocycles. The number of rotatable bonds is 2. The molecule has 0 aliphatic rings.